The Kier molecular flexibility index (Phi) is 4.22. The van der Waals surface area contributed by atoms with Crippen LogP contribution in [-0.4, -0.2) is 23.5 Å². The van der Waals surface area contributed by atoms with Gasteiger partial charge in [0, 0.05) is 17.8 Å². The second-order valence-corrected chi connectivity index (χ2v) is 5.07. The van der Waals surface area contributed by atoms with Gasteiger partial charge in [0.05, 0.1) is 12.0 Å². The minimum atomic E-state index is -0.762. The van der Waals surface area contributed by atoms with E-state index < -0.39 is 10.5 Å². The molecule has 6 heteroatoms. The van der Waals surface area contributed by atoms with E-state index in [9.17, 15) is 14.9 Å². The first-order valence-electron chi connectivity index (χ1n) is 6.68. The Labute approximate surface area is 117 Å². The Balaban J connectivity index is 2.25. The zero-order chi connectivity index (χ0) is 14.6. The van der Waals surface area contributed by atoms with Gasteiger partial charge in [0.25, 0.3) is 5.69 Å². The maximum Gasteiger partial charge on any atom is 0.331 e. The lowest BCUT2D eigenvalue weighted by Gasteiger charge is -2.36. The molecule has 6 nitrogen and oxygen atoms in total. The third-order valence-corrected chi connectivity index (χ3v) is 3.72. The summed E-state index contributed by atoms with van der Waals surface area (Å²) in [6.07, 6.45) is 4.34. The molecule has 1 fully saturated rings. The van der Waals surface area contributed by atoms with E-state index in [4.69, 9.17) is 4.74 Å². The highest BCUT2D eigenvalue weighted by atomic mass is 16.6. The molecule has 0 radical (unpaired) electrons. The quantitative estimate of drug-likeness (QED) is 0.520. The molecule has 20 heavy (non-hydrogen) atoms. The molecule has 0 aromatic heterocycles. The molecule has 0 amide bonds. The van der Waals surface area contributed by atoms with Crippen LogP contribution >= 0.6 is 0 Å². The number of methoxy groups -OCH3 is 1. The maximum atomic E-state index is 12.1. The molecule has 2 rings (SSSR count). The van der Waals surface area contributed by atoms with Crippen LogP contribution in [0.4, 0.5) is 11.4 Å². The first-order valence-corrected chi connectivity index (χ1v) is 6.68. The molecular formula is C14H18N2O4. The number of carbonyl (C=O) groups is 1. The summed E-state index contributed by atoms with van der Waals surface area (Å²) in [5, 5.41) is 14.0. The first-order chi connectivity index (χ1) is 9.57. The SMILES string of the molecule is COC(=O)C1(Nc2cccc([N+](=O)[O-])c2)CCCCC1. The number of hydrogen-bond acceptors (Lipinski definition) is 5. The molecule has 1 aliphatic carbocycles. The van der Waals surface area contributed by atoms with Crippen molar-refractivity contribution in [3.63, 3.8) is 0 Å². The number of carbonyl (C=O) groups excluding carboxylic acids is 1. The second-order valence-electron chi connectivity index (χ2n) is 5.07. The Morgan fingerprint density at radius 3 is 2.65 bits per heavy atom. The smallest absolute Gasteiger partial charge is 0.331 e. The molecule has 0 spiro atoms. The third kappa shape index (κ3) is 2.89. The highest BCUT2D eigenvalue weighted by molar-refractivity contribution is 5.84. The third-order valence-electron chi connectivity index (χ3n) is 3.72. The van der Waals surface area contributed by atoms with E-state index in [1.165, 1.54) is 19.2 Å². The Bertz CT molecular complexity index is 510. The van der Waals surface area contributed by atoms with Crippen molar-refractivity contribution in [3.8, 4) is 0 Å². The summed E-state index contributed by atoms with van der Waals surface area (Å²) in [5.74, 6) is -0.302. The van der Waals surface area contributed by atoms with Crippen molar-refractivity contribution in [1.82, 2.24) is 0 Å². The van der Waals surface area contributed by atoms with Gasteiger partial charge >= 0.3 is 5.97 Å². The molecule has 1 N–H and O–H groups in total. The summed E-state index contributed by atoms with van der Waals surface area (Å²) in [4.78, 5) is 22.4. The highest BCUT2D eigenvalue weighted by Gasteiger charge is 2.40. The van der Waals surface area contributed by atoms with E-state index in [2.05, 4.69) is 5.32 Å². The number of benzene rings is 1. The van der Waals surface area contributed by atoms with Crippen molar-refractivity contribution in [1.29, 1.82) is 0 Å². The van der Waals surface area contributed by atoms with Crippen molar-refractivity contribution < 1.29 is 14.5 Å². The lowest BCUT2D eigenvalue weighted by atomic mass is 9.81. The molecule has 1 aromatic rings. The van der Waals surface area contributed by atoms with Gasteiger partial charge in [-0.3, -0.25) is 10.1 Å². The fourth-order valence-electron chi connectivity index (χ4n) is 2.70. The fraction of sp³-hybridized carbons (Fsp3) is 0.500. The number of nitrogens with one attached hydrogen (secondary N) is 1. The van der Waals surface area contributed by atoms with Crippen molar-refractivity contribution in [2.75, 3.05) is 12.4 Å². The van der Waals surface area contributed by atoms with Crippen LogP contribution < -0.4 is 5.32 Å². The topological polar surface area (TPSA) is 81.5 Å². The number of nitrogens with zero attached hydrogens (tertiary/aromatic N) is 1. The van der Waals surface area contributed by atoms with E-state index in [-0.39, 0.29) is 11.7 Å². The molecular weight excluding hydrogens is 260 g/mol. The zero-order valence-corrected chi connectivity index (χ0v) is 11.4. The van der Waals surface area contributed by atoms with Crippen LogP contribution in [-0.2, 0) is 9.53 Å². The van der Waals surface area contributed by atoms with Crippen LogP contribution in [0.3, 0.4) is 0 Å². The first kappa shape index (κ1) is 14.3. The van der Waals surface area contributed by atoms with Crippen LogP contribution in [0.25, 0.3) is 0 Å². The highest BCUT2D eigenvalue weighted by Crippen LogP contribution is 2.33. The van der Waals surface area contributed by atoms with Crippen LogP contribution in [0.15, 0.2) is 24.3 Å². The van der Waals surface area contributed by atoms with Crippen molar-refractivity contribution >= 4 is 17.3 Å². The molecule has 1 saturated carbocycles. The van der Waals surface area contributed by atoms with Crippen LogP contribution in [0.5, 0.6) is 0 Å². The average Bonchev–Trinajstić information content (AvgIpc) is 2.47. The summed E-state index contributed by atoms with van der Waals surface area (Å²) >= 11 is 0. The molecule has 0 atom stereocenters. The Morgan fingerprint density at radius 1 is 1.35 bits per heavy atom. The summed E-state index contributed by atoms with van der Waals surface area (Å²) in [7, 11) is 1.37. The van der Waals surface area contributed by atoms with Gasteiger partial charge in [0.15, 0.2) is 0 Å². The average molecular weight is 278 g/mol. The van der Waals surface area contributed by atoms with Gasteiger partial charge in [-0.25, -0.2) is 4.79 Å². The number of esters is 1. The molecule has 0 saturated heterocycles. The van der Waals surface area contributed by atoms with Gasteiger partial charge in [-0.1, -0.05) is 25.3 Å². The van der Waals surface area contributed by atoms with E-state index in [0.29, 0.717) is 18.5 Å². The second kappa shape index (κ2) is 5.90. The number of nitro benzene ring substituents is 1. The molecule has 0 heterocycles. The van der Waals surface area contributed by atoms with Crippen molar-refractivity contribution in [2.45, 2.75) is 37.6 Å². The number of hydrogen-bond donors (Lipinski definition) is 1. The van der Waals surface area contributed by atoms with E-state index in [0.717, 1.165) is 19.3 Å². The Hall–Kier alpha value is -2.11. The monoisotopic (exact) mass is 278 g/mol. The van der Waals surface area contributed by atoms with Crippen LogP contribution in [0, 0.1) is 10.1 Å². The number of rotatable bonds is 4. The number of nitro groups is 1. The normalized spacial score (nSPS) is 17.2. The summed E-state index contributed by atoms with van der Waals surface area (Å²) in [6.45, 7) is 0. The standard InChI is InChI=1S/C14H18N2O4/c1-20-13(17)14(8-3-2-4-9-14)15-11-6-5-7-12(10-11)16(18)19/h5-7,10,15H,2-4,8-9H2,1H3. The number of anilines is 1. The summed E-state index contributed by atoms with van der Waals surface area (Å²) in [5.41, 5.74) is -0.181. The molecule has 108 valence electrons. The van der Waals surface area contributed by atoms with Gasteiger partial charge in [0.1, 0.15) is 5.54 Å². The van der Waals surface area contributed by atoms with Gasteiger partial charge in [-0.15, -0.1) is 0 Å². The van der Waals surface area contributed by atoms with E-state index in [1.807, 2.05) is 0 Å². The number of ether oxygens (including phenoxy) is 1. The van der Waals surface area contributed by atoms with Crippen LogP contribution in [0.1, 0.15) is 32.1 Å². The maximum absolute atomic E-state index is 12.1. The molecule has 0 unspecified atom stereocenters. The molecule has 1 aromatic carbocycles. The number of non-ortho nitro benzene ring substituents is 1. The van der Waals surface area contributed by atoms with Gasteiger partial charge in [-0.05, 0) is 18.9 Å². The fourth-order valence-corrected chi connectivity index (χ4v) is 2.70. The Morgan fingerprint density at radius 2 is 2.05 bits per heavy atom. The molecule has 0 aliphatic heterocycles. The predicted molar refractivity (Wildman–Crippen MR) is 74.6 cm³/mol. The lowest BCUT2D eigenvalue weighted by molar-refractivity contribution is -0.384. The largest absolute Gasteiger partial charge is 0.467 e. The molecule has 0 bridgehead atoms. The minimum absolute atomic E-state index is 0.00539. The minimum Gasteiger partial charge on any atom is -0.467 e. The van der Waals surface area contributed by atoms with Gasteiger partial charge in [-0.2, -0.15) is 0 Å². The van der Waals surface area contributed by atoms with E-state index >= 15 is 0 Å². The van der Waals surface area contributed by atoms with E-state index in [1.54, 1.807) is 12.1 Å². The van der Waals surface area contributed by atoms with Crippen LogP contribution in [0.2, 0.25) is 0 Å². The lowest BCUT2D eigenvalue weighted by Crippen LogP contribution is -2.48. The zero-order valence-electron chi connectivity index (χ0n) is 11.4. The molecule has 1 aliphatic rings. The van der Waals surface area contributed by atoms with Gasteiger partial charge < -0.3 is 10.1 Å². The van der Waals surface area contributed by atoms with Crippen molar-refractivity contribution in [2.24, 2.45) is 0 Å². The summed E-state index contributed by atoms with van der Waals surface area (Å²) < 4.78 is 4.91. The predicted octanol–water partition coefficient (Wildman–Crippen LogP) is 2.88. The van der Waals surface area contributed by atoms with Gasteiger partial charge in [0.2, 0.25) is 0 Å². The summed E-state index contributed by atoms with van der Waals surface area (Å²) in [6, 6.07) is 6.21. The van der Waals surface area contributed by atoms with Crippen molar-refractivity contribution in [3.05, 3.63) is 34.4 Å².